The molecule has 104 valence electrons. The minimum Gasteiger partial charge on any atom is -0.465 e. The Morgan fingerprint density at radius 1 is 1.20 bits per heavy atom. The second kappa shape index (κ2) is 6.56. The van der Waals surface area contributed by atoms with Gasteiger partial charge >= 0.3 is 6.09 Å². The summed E-state index contributed by atoms with van der Waals surface area (Å²) in [6, 6.07) is 13.7. The first-order valence-electron chi connectivity index (χ1n) is 6.32. The van der Waals surface area contributed by atoms with Gasteiger partial charge in [-0.05, 0) is 23.3 Å². The second-order valence-electron chi connectivity index (χ2n) is 4.52. The van der Waals surface area contributed by atoms with Crippen LogP contribution in [-0.2, 0) is 13.1 Å². The molecule has 20 heavy (non-hydrogen) atoms. The summed E-state index contributed by atoms with van der Waals surface area (Å²) in [6.07, 6.45) is 0.760. The Morgan fingerprint density at radius 2 is 1.90 bits per heavy atom. The van der Waals surface area contributed by atoms with Crippen molar-refractivity contribution in [3.05, 3.63) is 59.8 Å². The van der Waals surface area contributed by atoms with Gasteiger partial charge in [0.1, 0.15) is 5.82 Å². The fourth-order valence-electron chi connectivity index (χ4n) is 1.87. The highest BCUT2D eigenvalue weighted by atomic mass is 16.4. The fourth-order valence-corrected chi connectivity index (χ4v) is 1.87. The predicted molar refractivity (Wildman–Crippen MR) is 77.7 cm³/mol. The maximum atomic E-state index is 10.4. The molecule has 5 nitrogen and oxygen atoms in total. The summed E-state index contributed by atoms with van der Waals surface area (Å²) < 4.78 is 0. The molecule has 1 amide bonds. The van der Waals surface area contributed by atoms with Crippen molar-refractivity contribution in [2.45, 2.75) is 13.1 Å². The van der Waals surface area contributed by atoms with Crippen molar-refractivity contribution in [3.63, 3.8) is 0 Å². The number of carboxylic acid groups (broad SMARTS) is 1. The Bertz CT molecular complexity index is 555. The van der Waals surface area contributed by atoms with Gasteiger partial charge in [-0.1, -0.05) is 30.3 Å². The van der Waals surface area contributed by atoms with E-state index in [0.717, 1.165) is 23.5 Å². The summed E-state index contributed by atoms with van der Waals surface area (Å²) in [5.74, 6) is 0.920. The highest BCUT2D eigenvalue weighted by molar-refractivity contribution is 5.64. The molecular weight excluding hydrogens is 254 g/mol. The molecule has 0 aliphatic heterocycles. The third-order valence-corrected chi connectivity index (χ3v) is 2.93. The topological polar surface area (TPSA) is 65.5 Å². The highest BCUT2D eigenvalue weighted by Crippen LogP contribution is 2.12. The molecule has 2 aromatic rings. The van der Waals surface area contributed by atoms with E-state index in [1.54, 1.807) is 6.20 Å². The summed E-state index contributed by atoms with van der Waals surface area (Å²) >= 11 is 0. The zero-order chi connectivity index (χ0) is 14.4. The summed E-state index contributed by atoms with van der Waals surface area (Å²) in [4.78, 5) is 16.8. The minimum absolute atomic E-state index is 0.325. The van der Waals surface area contributed by atoms with Gasteiger partial charge in [0.2, 0.25) is 0 Å². The van der Waals surface area contributed by atoms with Gasteiger partial charge in [0.25, 0.3) is 0 Å². The van der Waals surface area contributed by atoms with Gasteiger partial charge in [-0.15, -0.1) is 0 Å². The lowest BCUT2D eigenvalue weighted by molar-refractivity contribution is 0.194. The molecule has 0 atom stereocenters. The van der Waals surface area contributed by atoms with Crippen LogP contribution in [0.1, 0.15) is 11.1 Å². The van der Waals surface area contributed by atoms with E-state index in [4.69, 9.17) is 5.11 Å². The third-order valence-electron chi connectivity index (χ3n) is 2.93. The van der Waals surface area contributed by atoms with Crippen LogP contribution in [0, 0.1) is 0 Å². The highest BCUT2D eigenvalue weighted by Gasteiger charge is 2.03. The normalized spacial score (nSPS) is 10.1. The monoisotopic (exact) mass is 271 g/mol. The molecule has 0 fully saturated rings. The van der Waals surface area contributed by atoms with E-state index in [-0.39, 0.29) is 0 Å². The van der Waals surface area contributed by atoms with Gasteiger partial charge in [-0.2, -0.15) is 0 Å². The average molecular weight is 271 g/mol. The molecule has 0 aliphatic rings. The Balaban J connectivity index is 1.95. The molecule has 1 aromatic carbocycles. The minimum atomic E-state index is -1.01. The van der Waals surface area contributed by atoms with Crippen molar-refractivity contribution in [3.8, 4) is 0 Å². The number of hydrogen-bond acceptors (Lipinski definition) is 3. The number of nitrogens with zero attached hydrogens (tertiary/aromatic N) is 2. The van der Waals surface area contributed by atoms with Crippen LogP contribution in [0.2, 0.25) is 0 Å². The Hall–Kier alpha value is -2.56. The van der Waals surface area contributed by atoms with Gasteiger partial charge in [0.05, 0.1) is 0 Å². The summed E-state index contributed by atoms with van der Waals surface area (Å²) in [5, 5.41) is 10.9. The van der Waals surface area contributed by atoms with E-state index in [9.17, 15) is 4.79 Å². The molecule has 1 heterocycles. The van der Waals surface area contributed by atoms with Gasteiger partial charge in [-0.3, -0.25) is 0 Å². The lowest BCUT2D eigenvalue weighted by Gasteiger charge is -2.18. The number of rotatable bonds is 5. The molecule has 0 saturated carbocycles. The summed E-state index contributed by atoms with van der Waals surface area (Å²) in [7, 11) is 1.99. The van der Waals surface area contributed by atoms with E-state index in [1.165, 1.54) is 0 Å². The SMILES string of the molecule is CN(Cc1ccc(CNC(=O)O)cc1)c1ccccn1. The molecule has 5 heteroatoms. The van der Waals surface area contributed by atoms with Crippen molar-refractivity contribution in [1.82, 2.24) is 10.3 Å². The number of aromatic nitrogens is 1. The Morgan fingerprint density at radius 3 is 2.50 bits per heavy atom. The van der Waals surface area contributed by atoms with Crippen LogP contribution in [0.5, 0.6) is 0 Å². The number of nitrogens with one attached hydrogen (secondary N) is 1. The number of benzene rings is 1. The quantitative estimate of drug-likeness (QED) is 0.877. The Labute approximate surface area is 117 Å². The van der Waals surface area contributed by atoms with E-state index in [1.807, 2.05) is 49.5 Å². The fraction of sp³-hybridized carbons (Fsp3) is 0.200. The van der Waals surface area contributed by atoms with E-state index in [0.29, 0.717) is 6.54 Å². The molecule has 0 bridgehead atoms. The zero-order valence-corrected chi connectivity index (χ0v) is 11.3. The molecule has 2 rings (SSSR count). The molecule has 0 saturated heterocycles. The van der Waals surface area contributed by atoms with Crippen LogP contribution >= 0.6 is 0 Å². The molecule has 0 radical (unpaired) electrons. The standard InChI is InChI=1S/C15H17N3O2/c1-18(14-4-2-3-9-16-14)11-13-7-5-12(6-8-13)10-17-15(19)20/h2-9,17H,10-11H2,1H3,(H,19,20). The predicted octanol–water partition coefficient (Wildman–Crippen LogP) is 2.49. The summed E-state index contributed by atoms with van der Waals surface area (Å²) in [5.41, 5.74) is 2.09. The van der Waals surface area contributed by atoms with Gasteiger partial charge < -0.3 is 15.3 Å². The third kappa shape index (κ3) is 3.98. The lowest BCUT2D eigenvalue weighted by Crippen LogP contribution is -2.20. The number of hydrogen-bond donors (Lipinski definition) is 2. The first-order chi connectivity index (χ1) is 9.65. The van der Waals surface area contributed by atoms with Crippen LogP contribution in [0.4, 0.5) is 10.6 Å². The molecule has 1 aromatic heterocycles. The molecule has 0 spiro atoms. The van der Waals surface area contributed by atoms with E-state index < -0.39 is 6.09 Å². The van der Waals surface area contributed by atoms with Crippen molar-refractivity contribution >= 4 is 11.9 Å². The van der Waals surface area contributed by atoms with Crippen LogP contribution in [-0.4, -0.2) is 23.2 Å². The van der Waals surface area contributed by atoms with Crippen LogP contribution in [0.25, 0.3) is 0 Å². The van der Waals surface area contributed by atoms with E-state index in [2.05, 4.69) is 15.2 Å². The van der Waals surface area contributed by atoms with Gasteiger partial charge in [-0.25, -0.2) is 9.78 Å². The van der Waals surface area contributed by atoms with Crippen molar-refractivity contribution in [1.29, 1.82) is 0 Å². The summed E-state index contributed by atoms with van der Waals surface area (Å²) in [6.45, 7) is 1.08. The maximum absolute atomic E-state index is 10.4. The Kier molecular flexibility index (Phi) is 4.55. The van der Waals surface area contributed by atoms with Gasteiger partial charge in [0.15, 0.2) is 0 Å². The molecule has 2 N–H and O–H groups in total. The zero-order valence-electron chi connectivity index (χ0n) is 11.3. The first kappa shape index (κ1) is 13.9. The first-order valence-corrected chi connectivity index (χ1v) is 6.32. The second-order valence-corrected chi connectivity index (χ2v) is 4.52. The average Bonchev–Trinajstić information content (AvgIpc) is 2.47. The smallest absolute Gasteiger partial charge is 0.404 e. The number of carbonyl (C=O) groups is 1. The van der Waals surface area contributed by atoms with Crippen molar-refractivity contribution < 1.29 is 9.90 Å². The largest absolute Gasteiger partial charge is 0.465 e. The van der Waals surface area contributed by atoms with Crippen LogP contribution in [0.15, 0.2) is 48.7 Å². The number of pyridine rings is 1. The van der Waals surface area contributed by atoms with Crippen LogP contribution < -0.4 is 10.2 Å². The van der Waals surface area contributed by atoms with Gasteiger partial charge in [0, 0.05) is 26.3 Å². The molecular formula is C15H17N3O2. The van der Waals surface area contributed by atoms with Crippen LogP contribution in [0.3, 0.4) is 0 Å². The molecule has 0 aliphatic carbocycles. The maximum Gasteiger partial charge on any atom is 0.404 e. The number of anilines is 1. The van der Waals surface area contributed by atoms with Crippen molar-refractivity contribution in [2.24, 2.45) is 0 Å². The lowest BCUT2D eigenvalue weighted by atomic mass is 10.1. The van der Waals surface area contributed by atoms with Crippen molar-refractivity contribution in [2.75, 3.05) is 11.9 Å². The molecule has 0 unspecified atom stereocenters. The van der Waals surface area contributed by atoms with E-state index >= 15 is 0 Å². The number of amides is 1.